The van der Waals surface area contributed by atoms with Gasteiger partial charge in [-0.3, -0.25) is 4.79 Å². The summed E-state index contributed by atoms with van der Waals surface area (Å²) in [6, 6.07) is 0.221. The van der Waals surface area contributed by atoms with Crippen molar-refractivity contribution >= 4 is 5.91 Å². The van der Waals surface area contributed by atoms with Gasteiger partial charge in [0.15, 0.2) is 0 Å². The van der Waals surface area contributed by atoms with Crippen LogP contribution in [0.15, 0.2) is 0 Å². The molecule has 0 aromatic carbocycles. The van der Waals surface area contributed by atoms with Crippen LogP contribution in [0.4, 0.5) is 0 Å². The normalized spacial score (nSPS) is 23.0. The fraction of sp³-hybridized carbons (Fsp3) is 0.824. The molecule has 1 saturated heterocycles. The first kappa shape index (κ1) is 16.4. The molecule has 1 aromatic heterocycles. The second-order valence-corrected chi connectivity index (χ2v) is 7.49. The van der Waals surface area contributed by atoms with Crippen LogP contribution >= 0.6 is 0 Å². The minimum absolute atomic E-state index is 0.182. The molecule has 23 heavy (non-hydrogen) atoms. The minimum atomic E-state index is 0.182. The van der Waals surface area contributed by atoms with Gasteiger partial charge in [0.25, 0.3) is 0 Å². The van der Waals surface area contributed by atoms with Gasteiger partial charge >= 0.3 is 0 Å². The third-order valence-corrected chi connectivity index (χ3v) is 5.06. The minimum Gasteiger partial charge on any atom is -0.351 e. The summed E-state index contributed by atoms with van der Waals surface area (Å²) in [6.07, 6.45) is 3.85. The molecule has 1 fully saturated rings. The summed E-state index contributed by atoms with van der Waals surface area (Å²) < 4.78 is 2.14. The number of aryl methyl sites for hydroxylation is 2. The zero-order valence-electron chi connectivity index (χ0n) is 14.6. The van der Waals surface area contributed by atoms with Crippen molar-refractivity contribution in [2.24, 2.45) is 11.8 Å². The number of nitrogens with one attached hydrogen (secondary N) is 1. The van der Waals surface area contributed by atoms with Crippen molar-refractivity contribution in [3.8, 4) is 0 Å². The highest BCUT2D eigenvalue weighted by Crippen LogP contribution is 2.20. The van der Waals surface area contributed by atoms with E-state index < -0.39 is 0 Å². The fourth-order valence-corrected chi connectivity index (χ4v) is 3.79. The van der Waals surface area contributed by atoms with E-state index in [2.05, 4.69) is 38.8 Å². The number of fused-ring (bicyclic) bond motifs is 1. The molecule has 1 amide bonds. The van der Waals surface area contributed by atoms with Crippen LogP contribution in [-0.2, 0) is 17.8 Å². The molecule has 0 spiro atoms. The maximum atomic E-state index is 12.6. The topological polar surface area (TPSA) is 63.1 Å². The Morgan fingerprint density at radius 1 is 1.26 bits per heavy atom. The molecular weight excluding hydrogens is 290 g/mol. The van der Waals surface area contributed by atoms with Gasteiger partial charge in [0.05, 0.1) is 0 Å². The molecule has 0 radical (unpaired) electrons. The summed E-state index contributed by atoms with van der Waals surface area (Å²) in [5, 5.41) is 11.6. The summed E-state index contributed by atoms with van der Waals surface area (Å²) >= 11 is 0. The summed E-state index contributed by atoms with van der Waals surface area (Å²) in [5.74, 6) is 3.12. The Balaban J connectivity index is 1.48. The fourth-order valence-electron chi connectivity index (χ4n) is 3.79. The number of carbonyl (C=O) groups excluding carboxylic acids is 1. The predicted octanol–water partition coefficient (Wildman–Crippen LogP) is 1.39. The van der Waals surface area contributed by atoms with Crippen LogP contribution in [0.1, 0.15) is 44.8 Å². The first-order valence-electron chi connectivity index (χ1n) is 8.94. The molecule has 3 rings (SSSR count). The molecule has 0 unspecified atom stereocenters. The second-order valence-electron chi connectivity index (χ2n) is 7.49. The molecule has 3 heterocycles. The number of nitrogens with zero attached hydrogens (tertiary/aromatic N) is 4. The van der Waals surface area contributed by atoms with E-state index in [9.17, 15) is 4.79 Å². The quantitative estimate of drug-likeness (QED) is 0.911. The van der Waals surface area contributed by atoms with Crippen molar-refractivity contribution in [3.05, 3.63) is 11.6 Å². The van der Waals surface area contributed by atoms with E-state index in [4.69, 9.17) is 0 Å². The van der Waals surface area contributed by atoms with Gasteiger partial charge < -0.3 is 14.8 Å². The monoisotopic (exact) mass is 319 g/mol. The number of likely N-dealkylation sites (tertiary alicyclic amines) is 1. The lowest BCUT2D eigenvalue weighted by atomic mass is 9.94. The van der Waals surface area contributed by atoms with Crippen LogP contribution in [0.3, 0.4) is 0 Å². The Bertz CT molecular complexity index is 545. The highest BCUT2D eigenvalue weighted by atomic mass is 16.2. The van der Waals surface area contributed by atoms with Crippen LogP contribution in [0.2, 0.25) is 0 Å². The molecule has 6 nitrogen and oxygen atoms in total. The lowest BCUT2D eigenvalue weighted by molar-refractivity contribution is -0.127. The van der Waals surface area contributed by atoms with Crippen LogP contribution < -0.4 is 5.32 Å². The molecule has 1 aromatic rings. The van der Waals surface area contributed by atoms with Crippen molar-refractivity contribution in [1.29, 1.82) is 0 Å². The SMILES string of the molecule is Cc1nnc2n1C[C@H](NC(=O)C1CCN(CC(C)C)CC1)CC2. The maximum Gasteiger partial charge on any atom is 0.223 e. The van der Waals surface area contributed by atoms with Crippen molar-refractivity contribution in [3.63, 3.8) is 0 Å². The van der Waals surface area contributed by atoms with Gasteiger partial charge in [-0.15, -0.1) is 10.2 Å². The Hall–Kier alpha value is -1.43. The standard InChI is InChI=1S/C17H29N5O/c1-12(2)10-21-8-6-14(7-9-21)17(23)18-15-4-5-16-20-19-13(3)22(16)11-15/h12,14-15H,4-11H2,1-3H3,(H,18,23)/t15-/m1/s1. The van der Waals surface area contributed by atoms with Crippen molar-refractivity contribution in [2.45, 2.75) is 59.0 Å². The molecule has 2 aliphatic heterocycles. The number of piperidine rings is 1. The molecule has 128 valence electrons. The Morgan fingerprint density at radius 2 is 2.00 bits per heavy atom. The lowest BCUT2D eigenvalue weighted by Gasteiger charge is -2.33. The summed E-state index contributed by atoms with van der Waals surface area (Å²) in [4.78, 5) is 15.0. The second kappa shape index (κ2) is 6.99. The number of carbonyl (C=O) groups is 1. The van der Waals surface area contributed by atoms with Crippen LogP contribution in [0, 0.1) is 18.8 Å². The van der Waals surface area contributed by atoms with Crippen LogP contribution in [0.5, 0.6) is 0 Å². The van der Waals surface area contributed by atoms with E-state index in [0.29, 0.717) is 5.92 Å². The van der Waals surface area contributed by atoms with Crippen molar-refractivity contribution in [2.75, 3.05) is 19.6 Å². The third kappa shape index (κ3) is 3.91. The van der Waals surface area contributed by atoms with Gasteiger partial charge in [0, 0.05) is 31.5 Å². The molecule has 0 bridgehead atoms. The Morgan fingerprint density at radius 3 is 2.70 bits per heavy atom. The summed E-state index contributed by atoms with van der Waals surface area (Å²) in [7, 11) is 0. The van der Waals surface area contributed by atoms with Gasteiger partial charge in [0.2, 0.25) is 5.91 Å². The zero-order chi connectivity index (χ0) is 16.4. The number of rotatable bonds is 4. The molecule has 1 atom stereocenters. The first-order chi connectivity index (χ1) is 11.0. The summed E-state index contributed by atoms with van der Waals surface area (Å²) in [6.45, 7) is 10.5. The lowest BCUT2D eigenvalue weighted by Crippen LogP contribution is -2.47. The largest absolute Gasteiger partial charge is 0.351 e. The van der Waals surface area contributed by atoms with E-state index in [1.807, 2.05) is 6.92 Å². The number of hydrogen-bond donors (Lipinski definition) is 1. The van der Waals surface area contributed by atoms with E-state index in [0.717, 1.165) is 63.5 Å². The van der Waals surface area contributed by atoms with Gasteiger partial charge in [0.1, 0.15) is 11.6 Å². The molecule has 1 N–H and O–H groups in total. The van der Waals surface area contributed by atoms with E-state index in [1.54, 1.807) is 0 Å². The number of amides is 1. The third-order valence-electron chi connectivity index (χ3n) is 5.06. The van der Waals surface area contributed by atoms with Crippen molar-refractivity contribution in [1.82, 2.24) is 25.0 Å². The van der Waals surface area contributed by atoms with E-state index in [-0.39, 0.29) is 17.9 Å². The Kier molecular flexibility index (Phi) is 4.99. The molecule has 0 aliphatic carbocycles. The Labute approximate surface area is 138 Å². The van der Waals surface area contributed by atoms with E-state index in [1.165, 1.54) is 0 Å². The number of aromatic nitrogens is 3. The van der Waals surface area contributed by atoms with Crippen LogP contribution in [-0.4, -0.2) is 51.2 Å². The van der Waals surface area contributed by atoms with Crippen LogP contribution in [0.25, 0.3) is 0 Å². The molecular formula is C17H29N5O. The molecule has 0 saturated carbocycles. The van der Waals surface area contributed by atoms with Gasteiger partial charge in [-0.25, -0.2) is 0 Å². The average molecular weight is 319 g/mol. The highest BCUT2D eigenvalue weighted by Gasteiger charge is 2.28. The predicted molar refractivity (Wildman–Crippen MR) is 89.0 cm³/mol. The van der Waals surface area contributed by atoms with Crippen molar-refractivity contribution < 1.29 is 4.79 Å². The smallest absolute Gasteiger partial charge is 0.223 e. The highest BCUT2D eigenvalue weighted by molar-refractivity contribution is 5.79. The summed E-state index contributed by atoms with van der Waals surface area (Å²) in [5.41, 5.74) is 0. The van der Waals surface area contributed by atoms with Gasteiger partial charge in [-0.05, 0) is 45.2 Å². The first-order valence-corrected chi connectivity index (χ1v) is 8.94. The molecule has 6 heteroatoms. The van der Waals surface area contributed by atoms with Gasteiger partial charge in [-0.1, -0.05) is 13.8 Å². The van der Waals surface area contributed by atoms with Gasteiger partial charge in [-0.2, -0.15) is 0 Å². The zero-order valence-corrected chi connectivity index (χ0v) is 14.6. The maximum absolute atomic E-state index is 12.6. The van der Waals surface area contributed by atoms with E-state index >= 15 is 0 Å². The number of hydrogen-bond acceptors (Lipinski definition) is 4. The molecule has 2 aliphatic rings. The average Bonchev–Trinajstić information content (AvgIpc) is 2.88.